The van der Waals surface area contributed by atoms with Crippen molar-refractivity contribution in [3.05, 3.63) is 69.5 Å². The molecule has 2 aromatic carbocycles. The largest absolute Gasteiger partial charge is 0.508 e. The van der Waals surface area contributed by atoms with Crippen LogP contribution in [0.25, 0.3) is 5.76 Å². The van der Waals surface area contributed by atoms with Crippen LogP contribution in [-0.4, -0.2) is 88.7 Å². The van der Waals surface area contributed by atoms with Crippen LogP contribution in [0.2, 0.25) is 0 Å². The lowest BCUT2D eigenvalue weighted by Gasteiger charge is -2.50. The van der Waals surface area contributed by atoms with E-state index in [1.807, 2.05) is 6.92 Å². The van der Waals surface area contributed by atoms with Crippen LogP contribution in [0.1, 0.15) is 28.7 Å². The quantitative estimate of drug-likeness (QED) is 0.256. The number of nitrogens with zero attached hydrogens (tertiary/aromatic N) is 2. The van der Waals surface area contributed by atoms with Gasteiger partial charge in [0.15, 0.2) is 11.4 Å². The number of hydrogen-bond donors (Lipinski definition) is 6. The number of hydrogen-bond acceptors (Lipinski definition) is 11. The fourth-order valence-electron chi connectivity index (χ4n) is 6.80. The molecule has 4 atom stereocenters. The fraction of sp³-hybridized carbons (Fsp3) is 0.375. The van der Waals surface area contributed by atoms with Crippen molar-refractivity contribution in [1.29, 1.82) is 0 Å². The van der Waals surface area contributed by atoms with Gasteiger partial charge in [-0.3, -0.25) is 19.3 Å². The van der Waals surface area contributed by atoms with Crippen LogP contribution in [0.4, 0.5) is 10.5 Å². The van der Waals surface area contributed by atoms with Gasteiger partial charge in [-0.1, -0.05) is 17.7 Å². The summed E-state index contributed by atoms with van der Waals surface area (Å²) >= 11 is 0. The molecule has 13 heteroatoms. The number of amides is 2. The Hall–Kier alpha value is -4.88. The van der Waals surface area contributed by atoms with E-state index in [4.69, 9.17) is 10.5 Å². The molecule has 1 saturated carbocycles. The number of carbonyl (C=O) groups is 4. The summed E-state index contributed by atoms with van der Waals surface area (Å²) in [6.45, 7) is 1.70. The monoisotopic (exact) mass is 620 g/mol. The van der Waals surface area contributed by atoms with Crippen molar-refractivity contribution in [1.82, 2.24) is 10.2 Å². The van der Waals surface area contributed by atoms with Crippen LogP contribution in [0.15, 0.2) is 47.2 Å². The Morgan fingerprint density at radius 3 is 2.31 bits per heavy atom. The van der Waals surface area contributed by atoms with Crippen LogP contribution in [-0.2, 0) is 27.3 Å². The van der Waals surface area contributed by atoms with Crippen molar-refractivity contribution in [3.63, 3.8) is 0 Å². The van der Waals surface area contributed by atoms with Gasteiger partial charge in [-0.15, -0.1) is 0 Å². The van der Waals surface area contributed by atoms with E-state index in [1.165, 1.54) is 4.90 Å². The summed E-state index contributed by atoms with van der Waals surface area (Å²) in [5, 5.41) is 48.4. The van der Waals surface area contributed by atoms with Crippen LogP contribution in [0.3, 0.4) is 0 Å². The van der Waals surface area contributed by atoms with E-state index in [9.17, 15) is 39.6 Å². The standard InChI is InChI=1S/C32H36N4O9/c1-14-6-8-17(9-7-14)45-31(43)34-13-16-12-20(35(2)3)18-10-15-11-19-24(36(4)5)27(39)23(30(33)42)29(41)32(19,44)28(40)21(15)26(38)22(18)25(16)37/h6-9,12,15,19,24,37-38,41,44H,10-11,13H2,1-5H3,(H2,33,42)(H,34,43). The number of Topliss-reactive ketones (excluding diaryl/α,β-unsaturated/α-hetero) is 2. The number of carbonyl (C=O) groups excluding carboxylic acids is 4. The van der Waals surface area contributed by atoms with Crippen molar-refractivity contribution >= 4 is 35.0 Å². The van der Waals surface area contributed by atoms with Gasteiger partial charge >= 0.3 is 6.09 Å². The molecule has 0 spiro atoms. The van der Waals surface area contributed by atoms with Gasteiger partial charge in [-0.2, -0.15) is 0 Å². The van der Waals surface area contributed by atoms with E-state index >= 15 is 0 Å². The Morgan fingerprint density at radius 2 is 1.73 bits per heavy atom. The summed E-state index contributed by atoms with van der Waals surface area (Å²) in [4.78, 5) is 55.3. The topological polar surface area (TPSA) is 203 Å². The van der Waals surface area contributed by atoms with Gasteiger partial charge in [0, 0.05) is 43.4 Å². The molecule has 0 heterocycles. The molecule has 3 aliphatic rings. The first kappa shape index (κ1) is 31.5. The highest BCUT2D eigenvalue weighted by atomic mass is 16.6. The molecule has 4 unspecified atom stereocenters. The molecule has 238 valence electrons. The maximum absolute atomic E-state index is 14.1. The third-order valence-corrected chi connectivity index (χ3v) is 8.91. The summed E-state index contributed by atoms with van der Waals surface area (Å²) in [5.74, 6) is -6.94. The van der Waals surface area contributed by atoms with Crippen molar-refractivity contribution in [2.45, 2.75) is 38.0 Å². The molecular formula is C32H36N4O9. The summed E-state index contributed by atoms with van der Waals surface area (Å²) in [6.07, 6.45) is -0.665. The lowest BCUT2D eigenvalue weighted by atomic mass is 9.57. The van der Waals surface area contributed by atoms with E-state index in [1.54, 1.807) is 63.4 Å². The molecule has 45 heavy (non-hydrogen) atoms. The maximum atomic E-state index is 14.1. The minimum Gasteiger partial charge on any atom is -0.508 e. The molecule has 2 amide bonds. The van der Waals surface area contributed by atoms with Crippen LogP contribution in [0, 0.1) is 18.8 Å². The van der Waals surface area contributed by atoms with Crippen LogP contribution < -0.4 is 20.7 Å². The molecule has 1 fully saturated rings. The first-order valence-corrected chi connectivity index (χ1v) is 14.3. The Morgan fingerprint density at radius 1 is 1.09 bits per heavy atom. The van der Waals surface area contributed by atoms with Gasteiger partial charge in [-0.25, -0.2) is 4.79 Å². The number of likely N-dealkylation sites (N-methyl/N-ethyl adjacent to an activating group) is 1. The summed E-state index contributed by atoms with van der Waals surface area (Å²) in [7, 11) is 6.60. The highest BCUT2D eigenvalue weighted by Crippen LogP contribution is 2.54. The number of nitrogens with two attached hydrogens (primary N) is 1. The number of aromatic hydroxyl groups is 1. The number of aliphatic hydroxyl groups excluding tert-OH is 2. The number of nitrogens with one attached hydrogen (secondary N) is 1. The number of rotatable bonds is 6. The van der Waals surface area contributed by atoms with E-state index in [2.05, 4.69) is 5.32 Å². The molecule has 13 nitrogen and oxygen atoms in total. The Balaban J connectivity index is 1.57. The summed E-state index contributed by atoms with van der Waals surface area (Å²) < 4.78 is 5.30. The molecule has 7 N–H and O–H groups in total. The molecule has 5 rings (SSSR count). The third kappa shape index (κ3) is 4.97. The van der Waals surface area contributed by atoms with Gasteiger partial charge < -0.3 is 41.1 Å². The van der Waals surface area contributed by atoms with Gasteiger partial charge in [0.25, 0.3) is 5.91 Å². The minimum absolute atomic E-state index is 0.0203. The Bertz CT molecular complexity index is 1690. The number of benzene rings is 2. The number of ether oxygens (including phenoxy) is 1. The maximum Gasteiger partial charge on any atom is 0.412 e. The van der Waals surface area contributed by atoms with Gasteiger partial charge in [0.1, 0.15) is 28.6 Å². The molecule has 0 bridgehead atoms. The second-order valence-electron chi connectivity index (χ2n) is 12.2. The van der Waals surface area contributed by atoms with E-state index in [0.29, 0.717) is 17.0 Å². The average Bonchev–Trinajstić information content (AvgIpc) is 2.95. The second-order valence-corrected chi connectivity index (χ2v) is 12.2. The SMILES string of the molecule is Cc1ccc(OC(=O)NCc2cc(N(C)C)c3c(c2O)C(O)=C2C(=O)C4(O)C(O)=C(C(N)=O)C(=O)C(N(C)C)C4CC2C3)cc1. The van der Waals surface area contributed by atoms with Gasteiger partial charge in [0.05, 0.1) is 11.6 Å². The highest BCUT2D eigenvalue weighted by Gasteiger charge is 2.64. The first-order chi connectivity index (χ1) is 21.1. The van der Waals surface area contributed by atoms with Gasteiger partial charge in [-0.05, 0) is 63.5 Å². The Labute approximate surface area is 259 Å². The molecule has 0 radical (unpaired) electrons. The number of aryl methyl sites for hydroxylation is 1. The number of phenolic OH excluding ortho intramolecular Hbond substituents is 1. The lowest BCUT2D eigenvalue weighted by Crippen LogP contribution is -2.65. The smallest absolute Gasteiger partial charge is 0.412 e. The lowest BCUT2D eigenvalue weighted by molar-refractivity contribution is -0.153. The van der Waals surface area contributed by atoms with E-state index in [0.717, 1.165) is 5.56 Å². The zero-order valence-corrected chi connectivity index (χ0v) is 25.5. The predicted molar refractivity (Wildman–Crippen MR) is 163 cm³/mol. The molecule has 0 aromatic heterocycles. The zero-order valence-electron chi connectivity index (χ0n) is 25.5. The molecule has 0 aliphatic heterocycles. The number of ketones is 2. The van der Waals surface area contributed by atoms with Gasteiger partial charge in [0.2, 0.25) is 5.78 Å². The molecule has 3 aliphatic carbocycles. The molecule has 2 aromatic rings. The molecular weight excluding hydrogens is 584 g/mol. The van der Waals surface area contributed by atoms with E-state index in [-0.39, 0.29) is 36.1 Å². The number of phenols is 1. The predicted octanol–water partition coefficient (Wildman–Crippen LogP) is 1.63. The zero-order chi connectivity index (χ0) is 33.1. The minimum atomic E-state index is -2.73. The van der Waals surface area contributed by atoms with Crippen LogP contribution in [0.5, 0.6) is 11.5 Å². The van der Waals surface area contributed by atoms with Crippen molar-refractivity contribution in [2.24, 2.45) is 17.6 Å². The van der Waals surface area contributed by atoms with Crippen LogP contribution >= 0.6 is 0 Å². The summed E-state index contributed by atoms with van der Waals surface area (Å²) in [6, 6.07) is 7.33. The second kappa shape index (κ2) is 11.2. The normalized spacial score (nSPS) is 24.2. The average molecular weight is 621 g/mol. The molecule has 0 saturated heterocycles. The third-order valence-electron chi connectivity index (χ3n) is 8.91. The van der Waals surface area contributed by atoms with Crippen molar-refractivity contribution in [2.75, 3.05) is 33.1 Å². The fourth-order valence-corrected chi connectivity index (χ4v) is 6.80. The first-order valence-electron chi connectivity index (χ1n) is 14.3. The van der Waals surface area contributed by atoms with E-state index < -0.39 is 69.9 Å². The number of fused-ring (bicyclic) bond motifs is 3. The highest BCUT2D eigenvalue weighted by molar-refractivity contribution is 6.24. The number of anilines is 1. The van der Waals surface area contributed by atoms with Crippen molar-refractivity contribution in [3.8, 4) is 11.5 Å². The Kier molecular flexibility index (Phi) is 7.88. The van der Waals surface area contributed by atoms with Crippen molar-refractivity contribution < 1.29 is 44.3 Å². The number of primary amides is 1. The summed E-state index contributed by atoms with van der Waals surface area (Å²) in [5.41, 5.74) is 3.74. The number of aliphatic hydroxyl groups is 3.